The minimum Gasteiger partial charge on any atom is -0.497 e. The van der Waals surface area contributed by atoms with Crippen molar-refractivity contribution >= 4 is 49.4 Å². The summed E-state index contributed by atoms with van der Waals surface area (Å²) in [7, 11) is -2.37. The predicted molar refractivity (Wildman–Crippen MR) is 101 cm³/mol. The van der Waals surface area contributed by atoms with Crippen LogP contribution in [0.15, 0.2) is 47.5 Å². The van der Waals surface area contributed by atoms with E-state index in [2.05, 4.69) is 18.5 Å². The standard InChI is InChI=1S/C17H14N4O3S2/c1-10-5-6-13-16(20-25-19-13)17(10)26(22,23)21-14-9-12(24-2)8-11-4-3-7-18-15(11)14/h3-9,21H,1-2H3. The third-order valence-corrected chi connectivity index (χ3v) is 6.09. The number of nitrogens with one attached hydrogen (secondary N) is 1. The fraction of sp³-hybridized carbons (Fsp3) is 0.118. The average Bonchev–Trinajstić information content (AvgIpc) is 3.09. The van der Waals surface area contributed by atoms with Gasteiger partial charge in [0.2, 0.25) is 0 Å². The second-order valence-corrected chi connectivity index (χ2v) is 7.85. The molecule has 2 aromatic heterocycles. The van der Waals surface area contributed by atoms with E-state index in [1.807, 2.05) is 6.07 Å². The molecule has 4 aromatic rings. The summed E-state index contributed by atoms with van der Waals surface area (Å²) in [4.78, 5) is 4.42. The van der Waals surface area contributed by atoms with E-state index in [1.54, 1.807) is 43.5 Å². The number of nitrogens with zero attached hydrogens (tertiary/aromatic N) is 3. The zero-order valence-electron chi connectivity index (χ0n) is 13.9. The van der Waals surface area contributed by atoms with Crippen molar-refractivity contribution in [2.45, 2.75) is 11.8 Å². The SMILES string of the molecule is COc1cc(NS(=O)(=O)c2c(C)ccc3nsnc23)c2ncccc2c1. The maximum atomic E-state index is 13.1. The van der Waals surface area contributed by atoms with Crippen LogP contribution in [0.25, 0.3) is 21.9 Å². The van der Waals surface area contributed by atoms with Crippen LogP contribution in [0.3, 0.4) is 0 Å². The smallest absolute Gasteiger partial charge is 0.264 e. The minimum absolute atomic E-state index is 0.121. The lowest BCUT2D eigenvalue weighted by atomic mass is 10.2. The van der Waals surface area contributed by atoms with Crippen LogP contribution in [0.5, 0.6) is 5.75 Å². The van der Waals surface area contributed by atoms with Gasteiger partial charge in [0, 0.05) is 17.6 Å². The molecule has 2 aromatic carbocycles. The molecule has 0 amide bonds. The molecule has 1 N–H and O–H groups in total. The molecule has 0 unspecified atom stereocenters. The van der Waals surface area contributed by atoms with E-state index < -0.39 is 10.0 Å². The van der Waals surface area contributed by atoms with Crippen LogP contribution in [0.2, 0.25) is 0 Å². The van der Waals surface area contributed by atoms with E-state index in [-0.39, 0.29) is 4.90 Å². The van der Waals surface area contributed by atoms with Gasteiger partial charge in [-0.15, -0.1) is 0 Å². The van der Waals surface area contributed by atoms with Crippen molar-refractivity contribution in [3.05, 3.63) is 48.2 Å². The average molecular weight is 386 g/mol. The number of anilines is 1. The van der Waals surface area contributed by atoms with Crippen LogP contribution in [-0.4, -0.2) is 29.3 Å². The van der Waals surface area contributed by atoms with Crippen LogP contribution < -0.4 is 9.46 Å². The zero-order chi connectivity index (χ0) is 18.3. The largest absolute Gasteiger partial charge is 0.497 e. The highest BCUT2D eigenvalue weighted by Crippen LogP contribution is 2.32. The molecule has 0 bridgehead atoms. The Hall–Kier alpha value is -2.78. The topological polar surface area (TPSA) is 94.1 Å². The molecule has 0 fully saturated rings. The molecule has 0 saturated heterocycles. The molecule has 2 heterocycles. The summed E-state index contributed by atoms with van der Waals surface area (Å²) in [6.07, 6.45) is 1.61. The monoisotopic (exact) mass is 386 g/mol. The summed E-state index contributed by atoms with van der Waals surface area (Å²) >= 11 is 0.982. The number of fused-ring (bicyclic) bond motifs is 2. The summed E-state index contributed by atoms with van der Waals surface area (Å²) < 4.78 is 42.5. The van der Waals surface area contributed by atoms with Crippen molar-refractivity contribution in [3.63, 3.8) is 0 Å². The molecule has 0 atom stereocenters. The lowest BCUT2D eigenvalue weighted by Gasteiger charge is -2.13. The molecule has 7 nitrogen and oxygen atoms in total. The number of ether oxygens (including phenoxy) is 1. The Kier molecular flexibility index (Phi) is 3.97. The zero-order valence-corrected chi connectivity index (χ0v) is 15.6. The number of benzene rings is 2. The van der Waals surface area contributed by atoms with Crippen LogP contribution in [0.1, 0.15) is 5.56 Å². The molecule has 0 aliphatic rings. The highest BCUT2D eigenvalue weighted by molar-refractivity contribution is 7.93. The number of methoxy groups -OCH3 is 1. The molecule has 0 aliphatic carbocycles. The van der Waals surface area contributed by atoms with Gasteiger partial charge in [0.1, 0.15) is 21.7 Å². The molecule has 0 spiro atoms. The van der Waals surface area contributed by atoms with Gasteiger partial charge < -0.3 is 4.74 Å². The van der Waals surface area contributed by atoms with E-state index in [0.29, 0.717) is 33.6 Å². The van der Waals surface area contributed by atoms with Crippen LogP contribution >= 0.6 is 11.7 Å². The Bertz CT molecular complexity index is 1240. The number of aromatic nitrogens is 3. The lowest BCUT2D eigenvalue weighted by molar-refractivity contribution is 0.415. The number of pyridine rings is 1. The van der Waals surface area contributed by atoms with Crippen molar-refractivity contribution in [1.82, 2.24) is 13.7 Å². The van der Waals surface area contributed by atoms with Gasteiger partial charge in [-0.2, -0.15) is 8.75 Å². The number of sulfonamides is 1. The lowest BCUT2D eigenvalue weighted by Crippen LogP contribution is -2.15. The Morgan fingerprint density at radius 1 is 1.12 bits per heavy atom. The van der Waals surface area contributed by atoms with E-state index in [0.717, 1.165) is 17.1 Å². The van der Waals surface area contributed by atoms with Gasteiger partial charge in [-0.05, 0) is 30.7 Å². The number of rotatable bonds is 4. The van der Waals surface area contributed by atoms with Gasteiger partial charge in [0.25, 0.3) is 10.0 Å². The fourth-order valence-corrected chi connectivity index (χ4v) is 4.87. The molecule has 0 radical (unpaired) electrons. The van der Waals surface area contributed by atoms with Crippen molar-refractivity contribution in [2.24, 2.45) is 0 Å². The first-order valence-electron chi connectivity index (χ1n) is 7.67. The summed E-state index contributed by atoms with van der Waals surface area (Å²) in [6, 6.07) is 10.5. The van der Waals surface area contributed by atoms with Gasteiger partial charge in [0.15, 0.2) is 0 Å². The number of aryl methyl sites for hydroxylation is 1. The summed E-state index contributed by atoms with van der Waals surface area (Å²) in [5, 5.41) is 0.773. The highest BCUT2D eigenvalue weighted by Gasteiger charge is 2.24. The predicted octanol–water partition coefficient (Wildman–Crippen LogP) is 3.36. The third-order valence-electron chi connectivity index (χ3n) is 4.01. The molecular weight excluding hydrogens is 372 g/mol. The fourth-order valence-electron chi connectivity index (χ4n) is 2.82. The van der Waals surface area contributed by atoms with Gasteiger partial charge in [-0.3, -0.25) is 9.71 Å². The second-order valence-electron chi connectivity index (χ2n) is 5.70. The van der Waals surface area contributed by atoms with Crippen LogP contribution in [0, 0.1) is 6.92 Å². The highest BCUT2D eigenvalue weighted by atomic mass is 32.2. The number of hydrogen-bond donors (Lipinski definition) is 1. The first-order valence-corrected chi connectivity index (χ1v) is 9.88. The van der Waals surface area contributed by atoms with Crippen molar-refractivity contribution < 1.29 is 13.2 Å². The molecule has 0 aliphatic heterocycles. The Morgan fingerprint density at radius 3 is 2.77 bits per heavy atom. The quantitative estimate of drug-likeness (QED) is 0.578. The normalized spacial score (nSPS) is 11.8. The maximum Gasteiger partial charge on any atom is 0.264 e. The van der Waals surface area contributed by atoms with Crippen molar-refractivity contribution in [1.29, 1.82) is 0 Å². The first kappa shape index (κ1) is 16.7. The second kappa shape index (κ2) is 6.19. The van der Waals surface area contributed by atoms with Gasteiger partial charge in [0.05, 0.1) is 30.0 Å². The maximum absolute atomic E-state index is 13.1. The van der Waals surface area contributed by atoms with E-state index in [9.17, 15) is 8.42 Å². The molecule has 132 valence electrons. The van der Waals surface area contributed by atoms with Crippen molar-refractivity contribution in [2.75, 3.05) is 11.8 Å². The summed E-state index contributed by atoms with van der Waals surface area (Å²) in [5.41, 5.74) is 2.40. The minimum atomic E-state index is -3.90. The Balaban J connectivity index is 1.90. The van der Waals surface area contributed by atoms with Gasteiger partial charge in [-0.1, -0.05) is 12.1 Å². The molecular formula is C17H14N4O3S2. The molecule has 9 heteroatoms. The van der Waals surface area contributed by atoms with Gasteiger partial charge in [-0.25, -0.2) is 8.42 Å². The van der Waals surface area contributed by atoms with E-state index in [4.69, 9.17) is 4.74 Å². The van der Waals surface area contributed by atoms with Gasteiger partial charge >= 0.3 is 0 Å². The molecule has 4 rings (SSSR count). The van der Waals surface area contributed by atoms with Crippen molar-refractivity contribution in [3.8, 4) is 5.75 Å². The Labute approximate surface area is 154 Å². The van der Waals surface area contributed by atoms with E-state index in [1.165, 1.54) is 7.11 Å². The summed E-state index contributed by atoms with van der Waals surface area (Å²) in [5.74, 6) is 0.536. The first-order chi connectivity index (χ1) is 12.5. The number of hydrogen-bond acceptors (Lipinski definition) is 7. The van der Waals surface area contributed by atoms with Crippen LogP contribution in [-0.2, 0) is 10.0 Å². The molecule has 0 saturated carbocycles. The molecule has 26 heavy (non-hydrogen) atoms. The van der Waals surface area contributed by atoms with Crippen LogP contribution in [0.4, 0.5) is 5.69 Å². The Morgan fingerprint density at radius 2 is 1.96 bits per heavy atom. The third kappa shape index (κ3) is 2.74. The van der Waals surface area contributed by atoms with E-state index >= 15 is 0 Å². The summed E-state index contributed by atoms with van der Waals surface area (Å²) in [6.45, 7) is 1.73.